The fourth-order valence-electron chi connectivity index (χ4n) is 2.99. The summed E-state index contributed by atoms with van der Waals surface area (Å²) in [5, 5.41) is 13.1. The third-order valence-corrected chi connectivity index (χ3v) is 4.33. The molecule has 23 heavy (non-hydrogen) atoms. The first-order valence-corrected chi connectivity index (χ1v) is 7.78. The summed E-state index contributed by atoms with van der Waals surface area (Å²) in [6, 6.07) is 8.03. The molecular weight excluding hydrogens is 296 g/mol. The lowest BCUT2D eigenvalue weighted by Gasteiger charge is -2.23. The van der Waals surface area contributed by atoms with Gasteiger partial charge in [0.15, 0.2) is 5.54 Å². The van der Waals surface area contributed by atoms with Crippen molar-refractivity contribution in [3.05, 3.63) is 36.0 Å². The molecule has 1 amide bonds. The molecule has 3 N–H and O–H groups in total. The zero-order chi connectivity index (χ0) is 16.3. The fraction of sp³-hybridized carbons (Fsp3) is 0.412. The molecule has 2 heterocycles. The van der Waals surface area contributed by atoms with Crippen molar-refractivity contribution in [1.29, 1.82) is 0 Å². The number of benzene rings is 1. The van der Waals surface area contributed by atoms with Crippen molar-refractivity contribution in [2.75, 3.05) is 13.2 Å². The molecule has 0 radical (unpaired) electrons. The van der Waals surface area contributed by atoms with Gasteiger partial charge in [0.25, 0.3) is 0 Å². The van der Waals surface area contributed by atoms with E-state index in [1.54, 1.807) is 0 Å². The molecule has 1 aliphatic heterocycles. The normalized spacial score (nSPS) is 20.7. The molecule has 0 spiro atoms. The molecule has 1 aromatic carbocycles. The Morgan fingerprint density at radius 3 is 2.91 bits per heavy atom. The minimum atomic E-state index is -1.25. The van der Waals surface area contributed by atoms with Crippen molar-refractivity contribution in [2.45, 2.75) is 31.2 Å². The zero-order valence-corrected chi connectivity index (χ0v) is 12.8. The van der Waals surface area contributed by atoms with E-state index < -0.39 is 11.5 Å². The Labute approximate surface area is 133 Å². The van der Waals surface area contributed by atoms with Gasteiger partial charge in [0, 0.05) is 36.5 Å². The van der Waals surface area contributed by atoms with E-state index in [0.29, 0.717) is 25.9 Å². The number of hydrogen-bond acceptors (Lipinski definition) is 3. The highest BCUT2D eigenvalue weighted by Crippen LogP contribution is 2.21. The van der Waals surface area contributed by atoms with Crippen LogP contribution in [0, 0.1) is 0 Å². The third-order valence-electron chi connectivity index (χ3n) is 4.33. The molecule has 122 valence electrons. The van der Waals surface area contributed by atoms with E-state index in [0.717, 1.165) is 11.9 Å². The van der Waals surface area contributed by atoms with Crippen LogP contribution in [0.15, 0.2) is 30.5 Å². The molecule has 1 fully saturated rings. The maximum absolute atomic E-state index is 12.1. The lowest BCUT2D eigenvalue weighted by Crippen LogP contribution is -2.55. The molecule has 1 unspecified atom stereocenters. The predicted octanol–water partition coefficient (Wildman–Crippen LogP) is 1.85. The van der Waals surface area contributed by atoms with E-state index in [4.69, 9.17) is 4.74 Å². The van der Waals surface area contributed by atoms with Crippen LogP contribution in [0.25, 0.3) is 10.9 Å². The maximum Gasteiger partial charge on any atom is 0.331 e. The number of aryl methyl sites for hydroxylation is 1. The van der Waals surface area contributed by atoms with Gasteiger partial charge in [-0.25, -0.2) is 4.79 Å². The summed E-state index contributed by atoms with van der Waals surface area (Å²) >= 11 is 0. The number of carboxylic acid groups (broad SMARTS) is 1. The van der Waals surface area contributed by atoms with Gasteiger partial charge in [-0.3, -0.25) is 4.79 Å². The number of para-hydroxylation sites is 1. The summed E-state index contributed by atoms with van der Waals surface area (Å²) in [5.41, 5.74) is 1.00. The summed E-state index contributed by atoms with van der Waals surface area (Å²) in [5.74, 6) is -1.27. The first kappa shape index (κ1) is 15.6. The zero-order valence-electron chi connectivity index (χ0n) is 12.8. The summed E-state index contributed by atoms with van der Waals surface area (Å²) in [7, 11) is 0. The van der Waals surface area contributed by atoms with Crippen LogP contribution in [0.5, 0.6) is 0 Å². The molecule has 6 nitrogen and oxygen atoms in total. The first-order chi connectivity index (χ1) is 11.1. The molecule has 1 atom stereocenters. The number of aromatic amines is 1. The highest BCUT2D eigenvalue weighted by molar-refractivity contribution is 5.87. The van der Waals surface area contributed by atoms with Gasteiger partial charge < -0.3 is 20.1 Å². The van der Waals surface area contributed by atoms with E-state index in [1.807, 2.05) is 24.4 Å². The second-order valence-electron chi connectivity index (χ2n) is 5.95. The topological polar surface area (TPSA) is 91.4 Å². The van der Waals surface area contributed by atoms with Gasteiger partial charge in [-0.15, -0.1) is 0 Å². The number of hydrogen-bond donors (Lipinski definition) is 3. The largest absolute Gasteiger partial charge is 0.479 e. The number of carbonyl (C=O) groups is 2. The number of carboxylic acids is 1. The predicted molar refractivity (Wildman–Crippen MR) is 85.2 cm³/mol. The lowest BCUT2D eigenvalue weighted by molar-refractivity contribution is -0.147. The molecular formula is C17H20N2O4. The highest BCUT2D eigenvalue weighted by atomic mass is 16.5. The van der Waals surface area contributed by atoms with E-state index in [9.17, 15) is 14.7 Å². The van der Waals surface area contributed by atoms with E-state index >= 15 is 0 Å². The molecule has 0 aliphatic carbocycles. The maximum atomic E-state index is 12.1. The van der Waals surface area contributed by atoms with Gasteiger partial charge in [0.05, 0.1) is 6.61 Å². The van der Waals surface area contributed by atoms with Crippen LogP contribution in [0.1, 0.15) is 24.8 Å². The average molecular weight is 316 g/mol. The third kappa shape index (κ3) is 3.22. The Hall–Kier alpha value is -2.34. The van der Waals surface area contributed by atoms with E-state index in [1.165, 1.54) is 10.9 Å². The van der Waals surface area contributed by atoms with Gasteiger partial charge >= 0.3 is 5.97 Å². The molecule has 0 saturated carbocycles. The molecule has 1 saturated heterocycles. The second-order valence-corrected chi connectivity index (χ2v) is 5.95. The first-order valence-electron chi connectivity index (χ1n) is 7.78. The molecule has 2 aromatic rings. The number of carbonyl (C=O) groups excluding carboxylic acids is 1. The standard InChI is InChI=1S/C17H20N2O4/c20-15(19-17(16(21)22)8-9-23-11-17)7-3-4-12-10-18-14-6-2-1-5-13(12)14/h1-2,5-6,10,18H,3-4,7-9,11H2,(H,19,20)(H,21,22). The molecule has 1 aromatic heterocycles. The van der Waals surface area contributed by atoms with Gasteiger partial charge in [-0.2, -0.15) is 0 Å². The highest BCUT2D eigenvalue weighted by Gasteiger charge is 2.43. The summed E-state index contributed by atoms with van der Waals surface area (Å²) in [6.07, 6.45) is 4.02. The SMILES string of the molecule is O=C(CCCc1c[nH]c2ccccc12)NC1(C(=O)O)CCOC1. The van der Waals surface area contributed by atoms with Crippen molar-refractivity contribution < 1.29 is 19.4 Å². The lowest BCUT2D eigenvalue weighted by atomic mass is 9.98. The van der Waals surface area contributed by atoms with Crippen molar-refractivity contribution in [3.63, 3.8) is 0 Å². The summed E-state index contributed by atoms with van der Waals surface area (Å²) in [6.45, 7) is 0.401. The average Bonchev–Trinajstić information content (AvgIpc) is 3.16. The van der Waals surface area contributed by atoms with Crippen LogP contribution < -0.4 is 5.32 Å². The number of amides is 1. The van der Waals surface area contributed by atoms with Crippen molar-refractivity contribution >= 4 is 22.8 Å². The Morgan fingerprint density at radius 1 is 1.35 bits per heavy atom. The quantitative estimate of drug-likeness (QED) is 0.758. The van der Waals surface area contributed by atoms with Crippen molar-refractivity contribution in [3.8, 4) is 0 Å². The van der Waals surface area contributed by atoms with Gasteiger partial charge in [0.2, 0.25) is 5.91 Å². The van der Waals surface area contributed by atoms with Crippen molar-refractivity contribution in [1.82, 2.24) is 10.3 Å². The van der Waals surface area contributed by atoms with Crippen LogP contribution in [0.4, 0.5) is 0 Å². The minimum Gasteiger partial charge on any atom is -0.479 e. The van der Waals surface area contributed by atoms with Gasteiger partial charge in [-0.05, 0) is 24.5 Å². The number of aromatic nitrogens is 1. The molecule has 1 aliphatic rings. The fourth-order valence-corrected chi connectivity index (χ4v) is 2.99. The Kier molecular flexibility index (Phi) is 4.34. The number of aliphatic carboxylic acids is 1. The summed E-state index contributed by atoms with van der Waals surface area (Å²) < 4.78 is 5.13. The van der Waals surface area contributed by atoms with E-state index in [2.05, 4.69) is 16.4 Å². The van der Waals surface area contributed by atoms with Crippen LogP contribution in [-0.2, 0) is 20.7 Å². The summed E-state index contributed by atoms with van der Waals surface area (Å²) in [4.78, 5) is 26.6. The Balaban J connectivity index is 1.54. The number of rotatable bonds is 6. The van der Waals surface area contributed by atoms with Crippen LogP contribution in [0.2, 0.25) is 0 Å². The molecule has 6 heteroatoms. The van der Waals surface area contributed by atoms with Gasteiger partial charge in [0.1, 0.15) is 0 Å². The van der Waals surface area contributed by atoms with E-state index in [-0.39, 0.29) is 12.5 Å². The number of fused-ring (bicyclic) bond motifs is 1. The Bertz CT molecular complexity index is 716. The molecule has 0 bridgehead atoms. The Morgan fingerprint density at radius 2 is 2.17 bits per heavy atom. The minimum absolute atomic E-state index is 0.0382. The van der Waals surface area contributed by atoms with Crippen LogP contribution in [0.3, 0.4) is 0 Å². The smallest absolute Gasteiger partial charge is 0.331 e. The number of ether oxygens (including phenoxy) is 1. The monoisotopic (exact) mass is 316 g/mol. The second kappa shape index (κ2) is 6.42. The molecule has 3 rings (SSSR count). The number of nitrogens with one attached hydrogen (secondary N) is 2. The van der Waals surface area contributed by atoms with Crippen LogP contribution >= 0.6 is 0 Å². The number of H-pyrrole nitrogens is 1. The van der Waals surface area contributed by atoms with Crippen LogP contribution in [-0.4, -0.2) is 40.7 Å². The van der Waals surface area contributed by atoms with Gasteiger partial charge in [-0.1, -0.05) is 18.2 Å². The van der Waals surface area contributed by atoms with Crippen molar-refractivity contribution in [2.24, 2.45) is 0 Å².